The molecule has 3 aliphatic rings. The van der Waals surface area contributed by atoms with Crippen molar-refractivity contribution in [2.24, 2.45) is 11.8 Å². The number of hydrogen-bond acceptors (Lipinski definition) is 7. The Labute approximate surface area is 163 Å². The van der Waals surface area contributed by atoms with E-state index < -0.39 is 18.2 Å². The van der Waals surface area contributed by atoms with E-state index in [9.17, 15) is 14.7 Å². The SMILES string of the molecule is CNCCC(C)[C@H]1C[C@H](SC2=C(OC(=O)O)N3C(=O)[C@H]([C@@H](C)O)[C@H]3C2)CN1. The van der Waals surface area contributed by atoms with Crippen LogP contribution < -0.4 is 10.6 Å². The van der Waals surface area contributed by atoms with Crippen molar-refractivity contribution in [1.82, 2.24) is 15.5 Å². The Morgan fingerprint density at radius 3 is 2.85 bits per heavy atom. The average molecular weight is 400 g/mol. The monoisotopic (exact) mass is 399 g/mol. The van der Waals surface area contributed by atoms with E-state index in [0.29, 0.717) is 23.6 Å². The van der Waals surface area contributed by atoms with Crippen molar-refractivity contribution in [1.29, 1.82) is 0 Å². The Balaban J connectivity index is 1.65. The summed E-state index contributed by atoms with van der Waals surface area (Å²) in [6.45, 7) is 5.68. The van der Waals surface area contributed by atoms with Gasteiger partial charge in [0.05, 0.1) is 18.1 Å². The molecule has 9 heteroatoms. The highest BCUT2D eigenvalue weighted by atomic mass is 32.2. The van der Waals surface area contributed by atoms with Gasteiger partial charge in [-0.3, -0.25) is 9.69 Å². The Kier molecular flexibility index (Phi) is 6.35. The molecule has 3 heterocycles. The summed E-state index contributed by atoms with van der Waals surface area (Å²) in [4.78, 5) is 25.6. The average Bonchev–Trinajstić information content (AvgIpc) is 3.15. The second-order valence-corrected chi connectivity index (χ2v) is 9.10. The molecule has 1 amide bonds. The molecule has 0 aromatic heterocycles. The quantitative estimate of drug-likeness (QED) is 0.356. The first-order valence-corrected chi connectivity index (χ1v) is 10.4. The van der Waals surface area contributed by atoms with Gasteiger partial charge in [0.25, 0.3) is 0 Å². The van der Waals surface area contributed by atoms with Crippen molar-refractivity contribution in [3.8, 4) is 0 Å². The van der Waals surface area contributed by atoms with Crippen LogP contribution in [-0.4, -0.2) is 70.8 Å². The zero-order valence-electron chi connectivity index (χ0n) is 16.0. The van der Waals surface area contributed by atoms with Crippen molar-refractivity contribution in [3.63, 3.8) is 0 Å². The number of rotatable bonds is 8. The molecule has 0 aromatic rings. The summed E-state index contributed by atoms with van der Waals surface area (Å²) in [5.41, 5.74) is 0. The van der Waals surface area contributed by atoms with Gasteiger partial charge in [-0.25, -0.2) is 4.79 Å². The second kappa shape index (κ2) is 8.38. The number of hydrogen-bond donors (Lipinski definition) is 4. The minimum Gasteiger partial charge on any atom is -0.449 e. The molecule has 0 radical (unpaired) electrons. The maximum absolute atomic E-state index is 12.3. The summed E-state index contributed by atoms with van der Waals surface area (Å²) in [6.07, 6.45) is 0.477. The maximum atomic E-state index is 12.3. The van der Waals surface area contributed by atoms with E-state index in [0.717, 1.165) is 30.8 Å². The molecule has 2 saturated heterocycles. The molecule has 8 nitrogen and oxygen atoms in total. The first-order valence-electron chi connectivity index (χ1n) is 9.53. The molecule has 3 aliphatic heterocycles. The normalized spacial score (nSPS) is 32.3. The van der Waals surface area contributed by atoms with Gasteiger partial charge in [0.1, 0.15) is 0 Å². The lowest BCUT2D eigenvalue weighted by molar-refractivity contribution is -0.160. The van der Waals surface area contributed by atoms with Crippen molar-refractivity contribution in [2.75, 3.05) is 20.1 Å². The van der Waals surface area contributed by atoms with E-state index in [2.05, 4.69) is 17.6 Å². The summed E-state index contributed by atoms with van der Waals surface area (Å²) in [5, 5.41) is 26.0. The fourth-order valence-electron chi connectivity index (χ4n) is 4.29. The third-order valence-electron chi connectivity index (χ3n) is 5.79. The van der Waals surface area contributed by atoms with Gasteiger partial charge in [-0.05, 0) is 39.3 Å². The van der Waals surface area contributed by atoms with Crippen LogP contribution in [0.15, 0.2) is 10.8 Å². The first kappa shape index (κ1) is 20.4. The topological polar surface area (TPSA) is 111 Å². The number of carboxylic acid groups (broad SMARTS) is 1. The van der Waals surface area contributed by atoms with Crippen LogP contribution in [0.2, 0.25) is 0 Å². The molecule has 27 heavy (non-hydrogen) atoms. The lowest BCUT2D eigenvalue weighted by Crippen LogP contribution is -2.61. The lowest BCUT2D eigenvalue weighted by atomic mass is 9.84. The molecule has 0 spiro atoms. The van der Waals surface area contributed by atoms with E-state index in [1.54, 1.807) is 18.7 Å². The highest BCUT2D eigenvalue weighted by Crippen LogP contribution is 2.49. The third-order valence-corrected chi connectivity index (χ3v) is 7.11. The lowest BCUT2D eigenvalue weighted by Gasteiger charge is -2.44. The molecule has 4 N–H and O–H groups in total. The van der Waals surface area contributed by atoms with Gasteiger partial charge in [0.15, 0.2) is 0 Å². The number of nitrogens with one attached hydrogen (secondary N) is 2. The van der Waals surface area contributed by atoms with Gasteiger partial charge in [-0.15, -0.1) is 11.8 Å². The van der Waals surface area contributed by atoms with Crippen LogP contribution >= 0.6 is 11.8 Å². The molecule has 1 unspecified atom stereocenters. The number of carbonyl (C=O) groups is 2. The number of nitrogens with zero attached hydrogens (tertiary/aromatic N) is 1. The Morgan fingerprint density at radius 2 is 2.22 bits per heavy atom. The van der Waals surface area contributed by atoms with Crippen LogP contribution in [0.5, 0.6) is 0 Å². The predicted octanol–water partition coefficient (Wildman–Crippen LogP) is 1.17. The van der Waals surface area contributed by atoms with Crippen molar-refractivity contribution >= 4 is 23.8 Å². The van der Waals surface area contributed by atoms with E-state index in [1.807, 2.05) is 7.05 Å². The molecule has 152 valence electrons. The summed E-state index contributed by atoms with van der Waals surface area (Å²) in [5.74, 6) is -0.0426. The minimum absolute atomic E-state index is 0.145. The van der Waals surface area contributed by atoms with Crippen LogP contribution in [0.3, 0.4) is 0 Å². The maximum Gasteiger partial charge on any atom is 0.512 e. The smallest absolute Gasteiger partial charge is 0.449 e. The summed E-state index contributed by atoms with van der Waals surface area (Å²) < 4.78 is 4.96. The van der Waals surface area contributed by atoms with Gasteiger partial charge in [0.2, 0.25) is 11.8 Å². The van der Waals surface area contributed by atoms with Gasteiger partial charge in [0, 0.05) is 29.2 Å². The minimum atomic E-state index is -1.42. The number of fused-ring (bicyclic) bond motifs is 1. The first-order chi connectivity index (χ1) is 12.8. The molecule has 0 bridgehead atoms. The molecule has 0 aliphatic carbocycles. The number of ether oxygens (including phenoxy) is 1. The van der Waals surface area contributed by atoms with Crippen LogP contribution in [0.1, 0.15) is 33.1 Å². The molecular formula is C18H29N3O5S. The number of β-lactam (4-membered cyclic amide) rings is 1. The fourth-order valence-corrected chi connectivity index (χ4v) is 5.69. The summed E-state index contributed by atoms with van der Waals surface area (Å²) in [6, 6.07) is 0.236. The van der Waals surface area contributed by atoms with Gasteiger partial charge in [-0.2, -0.15) is 0 Å². The fraction of sp³-hybridized carbons (Fsp3) is 0.778. The highest BCUT2D eigenvalue weighted by Gasteiger charge is 2.57. The summed E-state index contributed by atoms with van der Waals surface area (Å²) >= 11 is 1.61. The van der Waals surface area contributed by atoms with Crippen LogP contribution in [-0.2, 0) is 9.53 Å². The number of aliphatic hydroxyl groups excluding tert-OH is 1. The molecule has 2 fully saturated rings. The third kappa shape index (κ3) is 4.11. The second-order valence-electron chi connectivity index (χ2n) is 7.70. The van der Waals surface area contributed by atoms with E-state index in [-0.39, 0.29) is 17.8 Å². The van der Waals surface area contributed by atoms with Crippen LogP contribution in [0.4, 0.5) is 4.79 Å². The molecule has 6 atom stereocenters. The Bertz CT molecular complexity index is 626. The summed E-state index contributed by atoms with van der Waals surface area (Å²) in [7, 11) is 1.95. The Hall–Kier alpha value is -1.29. The Morgan fingerprint density at radius 1 is 1.48 bits per heavy atom. The number of amides is 1. The predicted molar refractivity (Wildman–Crippen MR) is 102 cm³/mol. The van der Waals surface area contributed by atoms with Gasteiger partial charge >= 0.3 is 6.16 Å². The highest BCUT2D eigenvalue weighted by molar-refractivity contribution is 8.03. The van der Waals surface area contributed by atoms with E-state index in [4.69, 9.17) is 9.84 Å². The molecular weight excluding hydrogens is 370 g/mol. The van der Waals surface area contributed by atoms with E-state index in [1.165, 1.54) is 4.90 Å². The van der Waals surface area contributed by atoms with Crippen molar-refractivity contribution < 1.29 is 24.5 Å². The van der Waals surface area contributed by atoms with Gasteiger partial charge < -0.3 is 25.6 Å². The van der Waals surface area contributed by atoms with Crippen molar-refractivity contribution in [3.05, 3.63) is 10.8 Å². The number of thioether (sulfide) groups is 1. The largest absolute Gasteiger partial charge is 0.512 e. The van der Waals surface area contributed by atoms with Crippen LogP contribution in [0.25, 0.3) is 0 Å². The van der Waals surface area contributed by atoms with Crippen molar-refractivity contribution in [2.45, 2.75) is 56.5 Å². The van der Waals surface area contributed by atoms with E-state index >= 15 is 0 Å². The van der Waals surface area contributed by atoms with Gasteiger partial charge in [-0.1, -0.05) is 6.92 Å². The molecule has 0 saturated carbocycles. The van der Waals surface area contributed by atoms with Crippen LogP contribution in [0, 0.1) is 11.8 Å². The zero-order valence-corrected chi connectivity index (χ0v) is 16.8. The molecule has 3 rings (SSSR count). The number of aliphatic hydroxyl groups is 1. The molecule has 0 aromatic carbocycles. The zero-order chi connectivity index (χ0) is 19.7. The number of carbonyl (C=O) groups excluding carboxylic acids is 1. The standard InChI is InChI=1S/C18H29N3O5S/c1-9(4-5-19-3)12-6-11(8-20-12)27-14-7-13-15(10(2)22)16(23)21(13)17(14)26-18(24)25/h9-13,15,19-20,22H,4-8H2,1-3H3,(H,24,25)/t9?,10-,11+,12-,13-,15-/m1/s1.